The van der Waals surface area contributed by atoms with Crippen molar-refractivity contribution < 1.29 is 22.3 Å². The number of nitrogens with zero attached hydrogens (tertiary/aromatic N) is 1. The minimum Gasteiger partial charge on any atom is -0.488 e. The van der Waals surface area contributed by atoms with Crippen LogP contribution in [0.3, 0.4) is 0 Å². The zero-order valence-electron chi connectivity index (χ0n) is 19.6. The lowest BCUT2D eigenvalue weighted by molar-refractivity contribution is 0.0926. The Bertz CT molecular complexity index is 1250. The summed E-state index contributed by atoms with van der Waals surface area (Å²) in [5.41, 5.74) is 2.25. The van der Waals surface area contributed by atoms with Gasteiger partial charge in [-0.15, -0.1) is 0 Å². The molecule has 0 saturated carbocycles. The molecule has 3 aromatic carbocycles. The van der Waals surface area contributed by atoms with Gasteiger partial charge in [-0.25, -0.2) is 12.8 Å². The van der Waals surface area contributed by atoms with E-state index in [-0.39, 0.29) is 30.1 Å². The number of nitrogens with one attached hydrogen (secondary N) is 1. The number of benzene rings is 3. The molecule has 1 fully saturated rings. The Kier molecular flexibility index (Phi) is 7.70. The van der Waals surface area contributed by atoms with Crippen LogP contribution in [0.25, 0.3) is 0 Å². The smallest absolute Gasteiger partial charge is 0.255 e. The number of ether oxygens (including phenoxy) is 1. The molecule has 0 bridgehead atoms. The summed E-state index contributed by atoms with van der Waals surface area (Å²) < 4.78 is 43.0. The van der Waals surface area contributed by atoms with E-state index in [1.807, 2.05) is 18.2 Å². The summed E-state index contributed by atoms with van der Waals surface area (Å²) in [4.78, 5) is 15.5. The summed E-state index contributed by atoms with van der Waals surface area (Å²) in [5.74, 6) is 0.0693. The molecule has 8 heteroatoms. The van der Waals surface area contributed by atoms with Gasteiger partial charge in [0, 0.05) is 24.8 Å². The summed E-state index contributed by atoms with van der Waals surface area (Å²) in [6.45, 7) is 3.39. The van der Waals surface area contributed by atoms with Gasteiger partial charge in [0.05, 0.1) is 16.2 Å². The number of sulfone groups is 1. The fourth-order valence-corrected chi connectivity index (χ4v) is 4.98. The van der Waals surface area contributed by atoms with Crippen molar-refractivity contribution in [2.75, 3.05) is 23.7 Å². The number of halogens is 1. The van der Waals surface area contributed by atoms with Crippen LogP contribution in [0, 0.1) is 5.82 Å². The van der Waals surface area contributed by atoms with Crippen molar-refractivity contribution in [2.24, 2.45) is 0 Å². The van der Waals surface area contributed by atoms with Crippen LogP contribution in [0.4, 0.5) is 10.1 Å². The standard InChI is InChI=1S/C27H29FN2O4S/c1-2-35(32,33)24-13-11-23(12-14-24)30-17-15-22(16-18-30)29-27(31)25-5-3-4-6-26(25)34-19-20-7-9-21(28)10-8-20/h3-14,22H,2,15-19H2,1H3,(H,29,31). The SMILES string of the molecule is CCS(=O)(=O)c1ccc(N2CCC(NC(=O)c3ccccc3OCc3ccc(F)cc3)CC2)cc1. The number of piperidine rings is 1. The van der Waals surface area contributed by atoms with E-state index in [1.54, 1.807) is 49.4 Å². The van der Waals surface area contributed by atoms with E-state index < -0.39 is 9.84 Å². The van der Waals surface area contributed by atoms with Crippen LogP contribution in [0.5, 0.6) is 5.75 Å². The van der Waals surface area contributed by atoms with Crippen molar-refractivity contribution in [3.63, 3.8) is 0 Å². The number of hydrogen-bond donors (Lipinski definition) is 1. The highest BCUT2D eigenvalue weighted by Crippen LogP contribution is 2.24. The van der Waals surface area contributed by atoms with Crippen LogP contribution in [-0.2, 0) is 16.4 Å². The van der Waals surface area contributed by atoms with Gasteiger partial charge >= 0.3 is 0 Å². The molecule has 1 aliphatic rings. The Balaban J connectivity index is 1.32. The maximum Gasteiger partial charge on any atom is 0.255 e. The van der Waals surface area contributed by atoms with Crippen LogP contribution in [-0.4, -0.2) is 39.2 Å². The Labute approximate surface area is 205 Å². The first kappa shape index (κ1) is 24.7. The average Bonchev–Trinajstić information content (AvgIpc) is 2.89. The first-order chi connectivity index (χ1) is 16.9. The highest BCUT2D eigenvalue weighted by Gasteiger charge is 2.23. The molecular weight excluding hydrogens is 467 g/mol. The number of rotatable bonds is 8. The predicted octanol–water partition coefficient (Wildman–Crippen LogP) is 4.60. The Morgan fingerprint density at radius 2 is 1.66 bits per heavy atom. The molecule has 184 valence electrons. The third kappa shape index (κ3) is 6.19. The molecule has 1 N–H and O–H groups in total. The summed E-state index contributed by atoms with van der Waals surface area (Å²) in [5, 5.41) is 3.12. The van der Waals surface area contributed by atoms with Crippen molar-refractivity contribution >= 4 is 21.4 Å². The number of amides is 1. The molecule has 0 radical (unpaired) electrons. The van der Waals surface area contributed by atoms with E-state index in [4.69, 9.17) is 4.74 Å². The van der Waals surface area contributed by atoms with E-state index in [0.29, 0.717) is 16.2 Å². The first-order valence-corrected chi connectivity index (χ1v) is 13.4. The number of carbonyl (C=O) groups is 1. The van der Waals surface area contributed by atoms with Crippen molar-refractivity contribution in [1.29, 1.82) is 0 Å². The third-order valence-electron chi connectivity index (χ3n) is 6.21. The second-order valence-electron chi connectivity index (χ2n) is 8.54. The predicted molar refractivity (Wildman–Crippen MR) is 134 cm³/mol. The summed E-state index contributed by atoms with van der Waals surface area (Å²) in [6, 6.07) is 20.2. The Morgan fingerprint density at radius 3 is 2.31 bits per heavy atom. The monoisotopic (exact) mass is 496 g/mol. The number of para-hydroxylation sites is 1. The van der Waals surface area contributed by atoms with E-state index >= 15 is 0 Å². The third-order valence-corrected chi connectivity index (χ3v) is 7.96. The Morgan fingerprint density at radius 1 is 1.00 bits per heavy atom. The molecule has 1 heterocycles. The normalized spacial score (nSPS) is 14.5. The van der Waals surface area contributed by atoms with Crippen molar-refractivity contribution in [3.8, 4) is 5.75 Å². The van der Waals surface area contributed by atoms with Gasteiger partial charge in [-0.05, 0) is 66.9 Å². The minimum absolute atomic E-state index is 0.0312. The van der Waals surface area contributed by atoms with E-state index in [1.165, 1.54) is 12.1 Å². The number of anilines is 1. The molecule has 0 spiro atoms. The molecule has 1 amide bonds. The lowest BCUT2D eigenvalue weighted by Crippen LogP contribution is -2.44. The van der Waals surface area contributed by atoms with Crippen LogP contribution in [0.1, 0.15) is 35.7 Å². The maximum atomic E-state index is 13.1. The van der Waals surface area contributed by atoms with Gasteiger partial charge in [0.25, 0.3) is 5.91 Å². The van der Waals surface area contributed by atoms with Gasteiger partial charge in [0.2, 0.25) is 0 Å². The molecule has 4 rings (SSSR count). The molecule has 0 atom stereocenters. The fourth-order valence-electron chi connectivity index (χ4n) is 4.10. The second kappa shape index (κ2) is 10.9. The highest BCUT2D eigenvalue weighted by atomic mass is 32.2. The molecule has 0 aliphatic carbocycles. The average molecular weight is 497 g/mol. The van der Waals surface area contributed by atoms with Crippen LogP contribution in [0.15, 0.2) is 77.7 Å². The molecule has 35 heavy (non-hydrogen) atoms. The van der Waals surface area contributed by atoms with Crippen LogP contribution in [0.2, 0.25) is 0 Å². The zero-order chi connectivity index (χ0) is 24.8. The van der Waals surface area contributed by atoms with Crippen molar-refractivity contribution in [3.05, 3.63) is 89.7 Å². The molecule has 1 saturated heterocycles. The summed E-state index contributed by atoms with van der Waals surface area (Å²) >= 11 is 0. The largest absolute Gasteiger partial charge is 0.488 e. The summed E-state index contributed by atoms with van der Waals surface area (Å²) in [6.07, 6.45) is 1.55. The van der Waals surface area contributed by atoms with Gasteiger partial charge in [0.15, 0.2) is 9.84 Å². The molecule has 6 nitrogen and oxygen atoms in total. The topological polar surface area (TPSA) is 75.7 Å². The van der Waals surface area contributed by atoms with Gasteiger partial charge in [0.1, 0.15) is 18.2 Å². The van der Waals surface area contributed by atoms with Gasteiger partial charge in [-0.1, -0.05) is 31.2 Å². The second-order valence-corrected chi connectivity index (χ2v) is 10.8. The Hall–Kier alpha value is -3.39. The lowest BCUT2D eigenvalue weighted by atomic mass is 10.0. The van der Waals surface area contributed by atoms with Gasteiger partial charge in [-0.2, -0.15) is 0 Å². The van der Waals surface area contributed by atoms with Crippen LogP contribution >= 0.6 is 0 Å². The molecule has 1 aliphatic heterocycles. The quantitative estimate of drug-likeness (QED) is 0.494. The van der Waals surface area contributed by atoms with E-state index in [0.717, 1.165) is 37.2 Å². The number of hydrogen-bond acceptors (Lipinski definition) is 5. The number of carbonyl (C=O) groups excluding carboxylic acids is 1. The first-order valence-electron chi connectivity index (χ1n) is 11.7. The maximum absolute atomic E-state index is 13.1. The van der Waals surface area contributed by atoms with Gasteiger partial charge in [-0.3, -0.25) is 4.79 Å². The van der Waals surface area contributed by atoms with Gasteiger partial charge < -0.3 is 15.0 Å². The molecule has 0 unspecified atom stereocenters. The molecule has 0 aromatic heterocycles. The van der Waals surface area contributed by atoms with Crippen molar-refractivity contribution in [1.82, 2.24) is 5.32 Å². The van der Waals surface area contributed by atoms with E-state index in [2.05, 4.69) is 10.2 Å². The molecule has 3 aromatic rings. The van der Waals surface area contributed by atoms with E-state index in [9.17, 15) is 17.6 Å². The fraction of sp³-hybridized carbons (Fsp3) is 0.296. The van der Waals surface area contributed by atoms with Crippen molar-refractivity contribution in [2.45, 2.75) is 37.3 Å². The lowest BCUT2D eigenvalue weighted by Gasteiger charge is -2.34. The zero-order valence-corrected chi connectivity index (χ0v) is 20.4. The van der Waals surface area contributed by atoms with Crippen LogP contribution < -0.4 is 15.0 Å². The molecular formula is C27H29FN2O4S. The highest BCUT2D eigenvalue weighted by molar-refractivity contribution is 7.91. The summed E-state index contributed by atoms with van der Waals surface area (Å²) in [7, 11) is -3.21. The minimum atomic E-state index is -3.21.